The van der Waals surface area contributed by atoms with Crippen molar-refractivity contribution in [2.45, 2.75) is 46.0 Å². The van der Waals surface area contributed by atoms with E-state index in [-0.39, 0.29) is 5.92 Å². The van der Waals surface area contributed by atoms with Crippen LogP contribution in [0, 0.1) is 31.6 Å². The summed E-state index contributed by atoms with van der Waals surface area (Å²) in [5.74, 6) is 3.01. The molecule has 130 valence electrons. The van der Waals surface area contributed by atoms with Crippen molar-refractivity contribution in [2.24, 2.45) is 17.8 Å². The molecule has 3 heterocycles. The van der Waals surface area contributed by atoms with Crippen molar-refractivity contribution in [2.75, 3.05) is 31.1 Å². The van der Waals surface area contributed by atoms with E-state index in [2.05, 4.69) is 19.8 Å². The maximum Gasteiger partial charge on any atom is 0.225 e. The fraction of sp³-hybridized carbons (Fsp3) is 0.737. The van der Waals surface area contributed by atoms with Crippen molar-refractivity contribution >= 4 is 11.9 Å². The van der Waals surface area contributed by atoms with Crippen molar-refractivity contribution in [1.29, 1.82) is 0 Å². The summed E-state index contributed by atoms with van der Waals surface area (Å²) in [5.41, 5.74) is 2.03. The number of aryl methyl sites for hydroxylation is 2. The molecule has 5 nitrogen and oxygen atoms in total. The number of aromatic nitrogens is 2. The van der Waals surface area contributed by atoms with Crippen molar-refractivity contribution in [1.82, 2.24) is 14.9 Å². The van der Waals surface area contributed by atoms with Crippen molar-refractivity contribution in [3.8, 4) is 0 Å². The number of hydrogen-bond donors (Lipinski definition) is 0. The number of piperidine rings is 1. The molecule has 3 fully saturated rings. The van der Waals surface area contributed by atoms with Crippen LogP contribution >= 0.6 is 0 Å². The van der Waals surface area contributed by atoms with Gasteiger partial charge in [0.15, 0.2) is 0 Å². The number of carbonyl (C=O) groups is 1. The molecule has 4 rings (SSSR count). The second-order valence-electron chi connectivity index (χ2n) is 7.91. The van der Waals surface area contributed by atoms with E-state index in [0.717, 1.165) is 68.2 Å². The molecule has 2 aliphatic heterocycles. The Morgan fingerprint density at radius 1 is 1.00 bits per heavy atom. The van der Waals surface area contributed by atoms with Crippen molar-refractivity contribution < 1.29 is 4.79 Å². The predicted molar refractivity (Wildman–Crippen MR) is 93.9 cm³/mol. The minimum absolute atomic E-state index is 0.200. The summed E-state index contributed by atoms with van der Waals surface area (Å²) in [5, 5.41) is 0. The molecule has 24 heavy (non-hydrogen) atoms. The first-order valence-electron chi connectivity index (χ1n) is 9.46. The van der Waals surface area contributed by atoms with Gasteiger partial charge in [0.05, 0.1) is 0 Å². The van der Waals surface area contributed by atoms with Gasteiger partial charge in [0.25, 0.3) is 0 Å². The molecule has 1 aliphatic carbocycles. The predicted octanol–water partition coefficient (Wildman–Crippen LogP) is 2.57. The van der Waals surface area contributed by atoms with Crippen LogP contribution in [0.25, 0.3) is 0 Å². The van der Waals surface area contributed by atoms with E-state index in [9.17, 15) is 4.79 Å². The first kappa shape index (κ1) is 15.9. The van der Waals surface area contributed by atoms with Crippen LogP contribution in [0.4, 0.5) is 5.95 Å². The molecule has 1 saturated carbocycles. The van der Waals surface area contributed by atoms with Gasteiger partial charge in [-0.3, -0.25) is 4.79 Å². The molecule has 0 spiro atoms. The number of nitrogens with zero attached hydrogens (tertiary/aromatic N) is 4. The van der Waals surface area contributed by atoms with Gasteiger partial charge in [-0.2, -0.15) is 0 Å². The lowest BCUT2D eigenvalue weighted by atomic mass is 9.95. The summed E-state index contributed by atoms with van der Waals surface area (Å²) in [4.78, 5) is 26.4. The van der Waals surface area contributed by atoms with E-state index < -0.39 is 0 Å². The average molecular weight is 328 g/mol. The lowest BCUT2D eigenvalue weighted by Gasteiger charge is -2.33. The van der Waals surface area contributed by atoms with E-state index in [4.69, 9.17) is 0 Å². The maximum atomic E-state index is 12.9. The Balaban J connectivity index is 1.35. The van der Waals surface area contributed by atoms with E-state index in [1.807, 2.05) is 19.9 Å². The summed E-state index contributed by atoms with van der Waals surface area (Å²) < 4.78 is 0. The number of amides is 1. The Morgan fingerprint density at radius 2 is 1.58 bits per heavy atom. The molecule has 0 radical (unpaired) electrons. The standard InChI is InChI=1S/C19H28N4O/c1-13-10-14(2)21-19(20-13)22-8-6-15(7-9-22)18(24)23-11-16-4-3-5-17(16)12-23/h10,15-17H,3-9,11-12H2,1-2H3. The molecule has 1 aromatic heterocycles. The first-order chi connectivity index (χ1) is 11.6. The monoisotopic (exact) mass is 328 g/mol. The van der Waals surface area contributed by atoms with Gasteiger partial charge in [-0.05, 0) is 57.4 Å². The highest BCUT2D eigenvalue weighted by molar-refractivity contribution is 5.79. The summed E-state index contributed by atoms with van der Waals surface area (Å²) in [6.45, 7) is 7.84. The molecule has 2 saturated heterocycles. The number of rotatable bonds is 2. The zero-order valence-corrected chi connectivity index (χ0v) is 14.9. The van der Waals surface area contributed by atoms with Gasteiger partial charge in [-0.15, -0.1) is 0 Å². The third-order valence-electron chi connectivity index (χ3n) is 6.14. The van der Waals surface area contributed by atoms with Crippen LogP contribution in [0.3, 0.4) is 0 Å². The summed E-state index contributed by atoms with van der Waals surface area (Å²) in [6.07, 6.45) is 5.89. The molecule has 3 aliphatic rings. The quantitative estimate of drug-likeness (QED) is 0.837. The van der Waals surface area contributed by atoms with Gasteiger partial charge in [0.2, 0.25) is 11.9 Å². The second kappa shape index (κ2) is 6.34. The summed E-state index contributed by atoms with van der Waals surface area (Å²) in [7, 11) is 0. The smallest absolute Gasteiger partial charge is 0.225 e. The first-order valence-corrected chi connectivity index (χ1v) is 9.46. The topological polar surface area (TPSA) is 49.3 Å². The average Bonchev–Trinajstić information content (AvgIpc) is 3.15. The summed E-state index contributed by atoms with van der Waals surface area (Å²) >= 11 is 0. The molecular weight excluding hydrogens is 300 g/mol. The molecule has 1 aromatic rings. The van der Waals surface area contributed by atoms with Gasteiger partial charge in [0.1, 0.15) is 0 Å². The Bertz CT molecular complexity index is 592. The van der Waals surface area contributed by atoms with Gasteiger partial charge in [0, 0.05) is 43.5 Å². The number of likely N-dealkylation sites (tertiary alicyclic amines) is 1. The highest BCUT2D eigenvalue weighted by Crippen LogP contribution is 2.38. The Labute approximate surface area is 144 Å². The van der Waals surface area contributed by atoms with Gasteiger partial charge >= 0.3 is 0 Å². The van der Waals surface area contributed by atoms with Gasteiger partial charge in [-0.1, -0.05) is 6.42 Å². The maximum absolute atomic E-state index is 12.9. The number of fused-ring (bicyclic) bond motifs is 1. The van der Waals surface area contributed by atoms with E-state index in [1.165, 1.54) is 19.3 Å². The third-order valence-corrected chi connectivity index (χ3v) is 6.14. The van der Waals surface area contributed by atoms with Crippen LogP contribution in [0.5, 0.6) is 0 Å². The van der Waals surface area contributed by atoms with Crippen LogP contribution in [0.15, 0.2) is 6.07 Å². The van der Waals surface area contributed by atoms with Crippen LogP contribution < -0.4 is 4.90 Å². The zero-order chi connectivity index (χ0) is 16.7. The van der Waals surface area contributed by atoms with Crippen LogP contribution in [0.2, 0.25) is 0 Å². The largest absolute Gasteiger partial charge is 0.342 e. The lowest BCUT2D eigenvalue weighted by Crippen LogP contribution is -2.42. The molecule has 2 atom stereocenters. The molecule has 0 N–H and O–H groups in total. The fourth-order valence-corrected chi connectivity index (χ4v) is 4.85. The van der Waals surface area contributed by atoms with Crippen molar-refractivity contribution in [3.05, 3.63) is 17.5 Å². The van der Waals surface area contributed by atoms with E-state index >= 15 is 0 Å². The lowest BCUT2D eigenvalue weighted by molar-refractivity contribution is -0.135. The van der Waals surface area contributed by atoms with Crippen molar-refractivity contribution in [3.63, 3.8) is 0 Å². The number of anilines is 1. The van der Waals surface area contributed by atoms with E-state index in [0.29, 0.717) is 5.91 Å². The Hall–Kier alpha value is -1.65. The summed E-state index contributed by atoms with van der Waals surface area (Å²) in [6, 6.07) is 2.00. The molecule has 0 bridgehead atoms. The number of hydrogen-bond acceptors (Lipinski definition) is 4. The van der Waals surface area contributed by atoms with E-state index in [1.54, 1.807) is 0 Å². The normalized spacial score (nSPS) is 27.6. The molecule has 2 unspecified atom stereocenters. The molecular formula is C19H28N4O. The highest BCUT2D eigenvalue weighted by atomic mass is 16.2. The minimum atomic E-state index is 0.200. The van der Waals surface area contributed by atoms with Crippen LogP contribution in [0.1, 0.15) is 43.5 Å². The molecule has 1 amide bonds. The zero-order valence-electron chi connectivity index (χ0n) is 14.9. The molecule has 0 aromatic carbocycles. The SMILES string of the molecule is Cc1cc(C)nc(N2CCC(C(=O)N3CC4CCCC4C3)CC2)n1. The fourth-order valence-electron chi connectivity index (χ4n) is 4.85. The Kier molecular flexibility index (Phi) is 4.19. The van der Waals surface area contributed by atoms with Crippen LogP contribution in [-0.2, 0) is 4.79 Å². The second-order valence-corrected chi connectivity index (χ2v) is 7.91. The minimum Gasteiger partial charge on any atom is -0.342 e. The van der Waals surface area contributed by atoms with Crippen LogP contribution in [-0.4, -0.2) is 47.0 Å². The highest BCUT2D eigenvalue weighted by Gasteiger charge is 2.40. The molecule has 5 heteroatoms. The third kappa shape index (κ3) is 3.01. The van der Waals surface area contributed by atoms with Gasteiger partial charge < -0.3 is 9.80 Å². The van der Waals surface area contributed by atoms with Gasteiger partial charge in [-0.25, -0.2) is 9.97 Å². The number of carbonyl (C=O) groups excluding carboxylic acids is 1. The Morgan fingerprint density at radius 3 is 2.17 bits per heavy atom.